The van der Waals surface area contributed by atoms with E-state index in [2.05, 4.69) is 65.2 Å². The van der Waals surface area contributed by atoms with Crippen molar-refractivity contribution < 1.29 is 19.0 Å². The summed E-state index contributed by atoms with van der Waals surface area (Å²) in [6.45, 7) is 3.88. The third-order valence-electron chi connectivity index (χ3n) is 7.37. The van der Waals surface area contributed by atoms with Crippen LogP contribution in [0.2, 0.25) is 0 Å². The Labute approximate surface area is 236 Å². The van der Waals surface area contributed by atoms with Gasteiger partial charge in [-0.05, 0) is 53.4 Å². The Hall–Kier alpha value is -4.23. The van der Waals surface area contributed by atoms with Crippen molar-refractivity contribution in [3.05, 3.63) is 95.6 Å². The zero-order valence-corrected chi connectivity index (χ0v) is 23.2. The summed E-state index contributed by atoms with van der Waals surface area (Å²) in [6, 6.07) is 26.8. The lowest BCUT2D eigenvalue weighted by Crippen LogP contribution is -2.40. The fourth-order valence-corrected chi connectivity index (χ4v) is 5.07. The first kappa shape index (κ1) is 27.3. The standard InChI is InChI=1S/C33H37N3O4/c1-38-27-12-7-24(8-13-27)22-34-31-21-26(11-16-32(37)36-17-19-40-20-18-36)33(30-6-4-3-5-29(30)31)35-23-25-9-14-28(39-2)15-10-25/h3-10,12-15,21,34-35H,11,16-20,22-23H2,1-2H3. The van der Waals surface area contributed by atoms with Crippen LogP contribution in [0.4, 0.5) is 11.4 Å². The van der Waals surface area contributed by atoms with Crippen LogP contribution >= 0.6 is 0 Å². The summed E-state index contributed by atoms with van der Waals surface area (Å²) in [5.74, 6) is 1.85. The molecule has 5 rings (SSSR count). The molecule has 0 aliphatic carbocycles. The zero-order valence-electron chi connectivity index (χ0n) is 23.2. The SMILES string of the molecule is COc1ccc(CNc2cc(CCC(=O)N3CCOCC3)c(NCc3ccc(OC)cc3)c3ccccc23)cc1. The fourth-order valence-electron chi connectivity index (χ4n) is 5.07. The summed E-state index contributed by atoms with van der Waals surface area (Å²) in [5, 5.41) is 9.62. The Morgan fingerprint density at radius 1 is 0.800 bits per heavy atom. The highest BCUT2D eigenvalue weighted by Gasteiger charge is 2.19. The lowest BCUT2D eigenvalue weighted by Gasteiger charge is -2.27. The number of aryl methyl sites for hydroxylation is 1. The number of anilines is 2. The van der Waals surface area contributed by atoms with Gasteiger partial charge < -0.3 is 29.7 Å². The second kappa shape index (κ2) is 13.2. The van der Waals surface area contributed by atoms with Crippen LogP contribution in [0.25, 0.3) is 10.8 Å². The van der Waals surface area contributed by atoms with Crippen LogP contribution in [0.3, 0.4) is 0 Å². The van der Waals surface area contributed by atoms with Crippen LogP contribution in [-0.4, -0.2) is 51.3 Å². The van der Waals surface area contributed by atoms with Gasteiger partial charge in [-0.2, -0.15) is 0 Å². The lowest BCUT2D eigenvalue weighted by molar-refractivity contribution is -0.135. The van der Waals surface area contributed by atoms with E-state index < -0.39 is 0 Å². The molecule has 1 amide bonds. The van der Waals surface area contributed by atoms with Gasteiger partial charge in [0.25, 0.3) is 0 Å². The van der Waals surface area contributed by atoms with E-state index in [1.54, 1.807) is 14.2 Å². The van der Waals surface area contributed by atoms with E-state index in [1.807, 2.05) is 29.2 Å². The lowest BCUT2D eigenvalue weighted by atomic mass is 9.97. The number of hydrogen-bond acceptors (Lipinski definition) is 6. The minimum absolute atomic E-state index is 0.172. The summed E-state index contributed by atoms with van der Waals surface area (Å²) < 4.78 is 16.1. The van der Waals surface area contributed by atoms with Crippen molar-refractivity contribution in [2.24, 2.45) is 0 Å². The molecule has 0 unspecified atom stereocenters. The summed E-state index contributed by atoms with van der Waals surface area (Å²) in [6.07, 6.45) is 1.09. The molecule has 1 heterocycles. The molecule has 208 valence electrons. The van der Waals surface area contributed by atoms with Gasteiger partial charge in [0, 0.05) is 54.7 Å². The van der Waals surface area contributed by atoms with E-state index in [0.717, 1.165) is 50.3 Å². The minimum atomic E-state index is 0.172. The molecule has 0 radical (unpaired) electrons. The van der Waals surface area contributed by atoms with Gasteiger partial charge in [0.1, 0.15) is 11.5 Å². The highest BCUT2D eigenvalue weighted by atomic mass is 16.5. The number of carbonyl (C=O) groups excluding carboxylic acids is 1. The Balaban J connectivity index is 1.43. The number of ether oxygens (including phenoxy) is 3. The zero-order chi connectivity index (χ0) is 27.7. The van der Waals surface area contributed by atoms with Crippen LogP contribution in [0.1, 0.15) is 23.1 Å². The first-order chi connectivity index (χ1) is 19.6. The van der Waals surface area contributed by atoms with Crippen molar-refractivity contribution in [1.29, 1.82) is 0 Å². The molecule has 1 saturated heterocycles. The first-order valence-corrected chi connectivity index (χ1v) is 13.8. The number of carbonyl (C=O) groups is 1. The number of methoxy groups -OCH3 is 2. The maximum absolute atomic E-state index is 13.0. The molecule has 0 bridgehead atoms. The molecule has 0 atom stereocenters. The molecule has 7 nitrogen and oxygen atoms in total. The number of nitrogens with one attached hydrogen (secondary N) is 2. The summed E-state index contributed by atoms with van der Waals surface area (Å²) in [7, 11) is 3.35. The van der Waals surface area contributed by atoms with Crippen molar-refractivity contribution in [3.63, 3.8) is 0 Å². The highest BCUT2D eigenvalue weighted by molar-refractivity contribution is 6.03. The number of hydrogen-bond donors (Lipinski definition) is 2. The highest BCUT2D eigenvalue weighted by Crippen LogP contribution is 2.35. The maximum atomic E-state index is 13.0. The van der Waals surface area contributed by atoms with Crippen molar-refractivity contribution in [2.45, 2.75) is 25.9 Å². The van der Waals surface area contributed by atoms with E-state index in [9.17, 15) is 4.79 Å². The molecule has 0 saturated carbocycles. The quantitative estimate of drug-likeness (QED) is 0.248. The van der Waals surface area contributed by atoms with E-state index in [0.29, 0.717) is 52.2 Å². The number of benzene rings is 4. The van der Waals surface area contributed by atoms with Gasteiger partial charge >= 0.3 is 0 Å². The molecule has 4 aromatic rings. The van der Waals surface area contributed by atoms with E-state index in [1.165, 1.54) is 0 Å². The summed E-state index contributed by atoms with van der Waals surface area (Å²) >= 11 is 0. The van der Waals surface area contributed by atoms with Crippen molar-refractivity contribution in [2.75, 3.05) is 51.2 Å². The van der Waals surface area contributed by atoms with Crippen LogP contribution in [0, 0.1) is 0 Å². The molecular weight excluding hydrogens is 502 g/mol. The van der Waals surface area contributed by atoms with Crippen LogP contribution in [0.5, 0.6) is 11.5 Å². The second-order valence-corrected chi connectivity index (χ2v) is 9.90. The molecule has 1 fully saturated rings. The van der Waals surface area contributed by atoms with Gasteiger partial charge in [-0.25, -0.2) is 0 Å². The van der Waals surface area contributed by atoms with E-state index >= 15 is 0 Å². The minimum Gasteiger partial charge on any atom is -0.497 e. The van der Waals surface area contributed by atoms with Gasteiger partial charge in [-0.15, -0.1) is 0 Å². The van der Waals surface area contributed by atoms with Crippen LogP contribution < -0.4 is 20.1 Å². The maximum Gasteiger partial charge on any atom is 0.223 e. The van der Waals surface area contributed by atoms with Gasteiger partial charge in [-0.1, -0.05) is 48.5 Å². The van der Waals surface area contributed by atoms with Gasteiger partial charge in [0.05, 0.1) is 27.4 Å². The number of rotatable bonds is 11. The van der Waals surface area contributed by atoms with Gasteiger partial charge in [0.15, 0.2) is 0 Å². The molecule has 4 aromatic carbocycles. The average Bonchev–Trinajstić information content (AvgIpc) is 3.02. The topological polar surface area (TPSA) is 72.1 Å². The number of morpholine rings is 1. The monoisotopic (exact) mass is 539 g/mol. The largest absolute Gasteiger partial charge is 0.497 e. The first-order valence-electron chi connectivity index (χ1n) is 13.8. The Morgan fingerprint density at radius 2 is 1.38 bits per heavy atom. The van der Waals surface area contributed by atoms with Crippen LogP contribution in [-0.2, 0) is 29.0 Å². The number of amides is 1. The Kier molecular flexibility index (Phi) is 9.04. The average molecular weight is 540 g/mol. The smallest absolute Gasteiger partial charge is 0.223 e. The fraction of sp³-hybridized carbons (Fsp3) is 0.303. The van der Waals surface area contributed by atoms with Crippen molar-refractivity contribution in [3.8, 4) is 11.5 Å². The third-order valence-corrected chi connectivity index (χ3v) is 7.37. The third kappa shape index (κ3) is 6.66. The normalized spacial score (nSPS) is 13.2. The van der Waals surface area contributed by atoms with Gasteiger partial charge in [0.2, 0.25) is 5.91 Å². The Bertz CT molecular complexity index is 1410. The summed E-state index contributed by atoms with van der Waals surface area (Å²) in [5.41, 5.74) is 5.55. The van der Waals surface area contributed by atoms with Crippen LogP contribution in [0.15, 0.2) is 78.9 Å². The summed E-state index contributed by atoms with van der Waals surface area (Å²) in [4.78, 5) is 15.0. The van der Waals surface area contributed by atoms with Crippen molar-refractivity contribution in [1.82, 2.24) is 4.90 Å². The van der Waals surface area contributed by atoms with E-state index in [-0.39, 0.29) is 5.91 Å². The molecule has 0 aromatic heterocycles. The number of fused-ring (bicyclic) bond motifs is 1. The second-order valence-electron chi connectivity index (χ2n) is 9.90. The predicted octanol–water partition coefficient (Wildman–Crippen LogP) is 5.87. The predicted molar refractivity (Wildman–Crippen MR) is 160 cm³/mol. The molecule has 0 spiro atoms. The molecule has 40 heavy (non-hydrogen) atoms. The van der Waals surface area contributed by atoms with E-state index in [4.69, 9.17) is 14.2 Å². The van der Waals surface area contributed by atoms with Crippen molar-refractivity contribution >= 4 is 28.1 Å². The molecule has 2 N–H and O–H groups in total. The molecule has 1 aliphatic rings. The molecule has 7 heteroatoms. The molecular formula is C33H37N3O4. The molecule has 1 aliphatic heterocycles. The Morgan fingerprint density at radius 3 is 1.98 bits per heavy atom. The van der Waals surface area contributed by atoms with Gasteiger partial charge in [-0.3, -0.25) is 4.79 Å². The number of nitrogens with zero attached hydrogens (tertiary/aromatic N) is 1.